The van der Waals surface area contributed by atoms with Crippen LogP contribution in [0.3, 0.4) is 0 Å². The molecule has 0 fully saturated rings. The summed E-state index contributed by atoms with van der Waals surface area (Å²) >= 11 is 1.18. The van der Waals surface area contributed by atoms with Crippen LogP contribution in [0.4, 0.5) is 5.00 Å². The van der Waals surface area contributed by atoms with Crippen LogP contribution in [0.15, 0.2) is 24.5 Å². The zero-order chi connectivity index (χ0) is 13.0. The summed E-state index contributed by atoms with van der Waals surface area (Å²) in [5.41, 5.74) is 1.94. The van der Waals surface area contributed by atoms with E-state index in [2.05, 4.69) is 14.7 Å². The van der Waals surface area contributed by atoms with Crippen LogP contribution in [-0.2, 0) is 6.42 Å². The summed E-state index contributed by atoms with van der Waals surface area (Å²) in [4.78, 5) is 15.1. The van der Waals surface area contributed by atoms with Gasteiger partial charge in [-0.25, -0.2) is 4.79 Å². The Hall–Kier alpha value is -1.95. The van der Waals surface area contributed by atoms with Gasteiger partial charge in [-0.3, -0.25) is 4.98 Å². The number of aromatic carboxylic acids is 1. The van der Waals surface area contributed by atoms with Gasteiger partial charge in [0.2, 0.25) is 0 Å². The zero-order valence-corrected chi connectivity index (χ0v) is 10.7. The molecule has 0 atom stereocenters. The van der Waals surface area contributed by atoms with E-state index >= 15 is 0 Å². The van der Waals surface area contributed by atoms with Gasteiger partial charge in [-0.05, 0) is 36.5 Å². The fourth-order valence-corrected chi connectivity index (χ4v) is 2.42. The van der Waals surface area contributed by atoms with Crippen molar-refractivity contribution < 1.29 is 9.90 Å². The van der Waals surface area contributed by atoms with E-state index in [4.69, 9.17) is 5.11 Å². The van der Waals surface area contributed by atoms with Gasteiger partial charge in [0.05, 0.1) is 5.69 Å². The predicted molar refractivity (Wildman–Crippen MR) is 70.2 cm³/mol. The molecule has 0 aliphatic carbocycles. The minimum Gasteiger partial charge on any atom is -0.478 e. The van der Waals surface area contributed by atoms with Gasteiger partial charge in [0.25, 0.3) is 0 Å². The summed E-state index contributed by atoms with van der Waals surface area (Å²) in [7, 11) is 0. The maximum Gasteiger partial charge on any atom is 0.340 e. The van der Waals surface area contributed by atoms with Crippen molar-refractivity contribution in [2.45, 2.75) is 13.3 Å². The van der Waals surface area contributed by atoms with Crippen molar-refractivity contribution in [2.75, 3.05) is 11.9 Å². The summed E-state index contributed by atoms with van der Waals surface area (Å²) in [5.74, 6) is -0.940. The second-order valence-electron chi connectivity index (χ2n) is 3.82. The smallest absolute Gasteiger partial charge is 0.340 e. The molecule has 0 radical (unpaired) electrons. The Morgan fingerprint density at radius 2 is 2.39 bits per heavy atom. The Labute approximate surface area is 109 Å². The first-order valence-corrected chi connectivity index (χ1v) is 6.28. The zero-order valence-electron chi connectivity index (χ0n) is 9.88. The fourth-order valence-electron chi connectivity index (χ4n) is 1.61. The summed E-state index contributed by atoms with van der Waals surface area (Å²) in [6.45, 7) is 2.36. The van der Waals surface area contributed by atoms with Crippen LogP contribution < -0.4 is 5.32 Å². The van der Waals surface area contributed by atoms with Gasteiger partial charge in [0.1, 0.15) is 10.6 Å². The molecule has 0 saturated heterocycles. The van der Waals surface area contributed by atoms with Crippen molar-refractivity contribution in [3.63, 3.8) is 0 Å². The lowest BCUT2D eigenvalue weighted by Gasteiger charge is -2.04. The minimum absolute atomic E-state index is 0.270. The van der Waals surface area contributed by atoms with Crippen molar-refractivity contribution in [3.05, 3.63) is 41.3 Å². The van der Waals surface area contributed by atoms with Crippen LogP contribution in [0.2, 0.25) is 0 Å². The van der Waals surface area contributed by atoms with Crippen LogP contribution in [0, 0.1) is 6.92 Å². The van der Waals surface area contributed by atoms with Crippen LogP contribution in [0.1, 0.15) is 21.6 Å². The number of aryl methyl sites for hydroxylation is 1. The van der Waals surface area contributed by atoms with Crippen molar-refractivity contribution >= 4 is 22.5 Å². The van der Waals surface area contributed by atoms with E-state index in [1.807, 2.05) is 12.1 Å². The Balaban J connectivity index is 1.97. The molecular weight excluding hydrogens is 250 g/mol. The second kappa shape index (κ2) is 5.59. The Morgan fingerprint density at radius 1 is 1.56 bits per heavy atom. The van der Waals surface area contributed by atoms with Gasteiger partial charge in [0, 0.05) is 18.9 Å². The van der Waals surface area contributed by atoms with E-state index in [1.54, 1.807) is 19.3 Å². The van der Waals surface area contributed by atoms with Crippen LogP contribution >= 0.6 is 11.5 Å². The average Bonchev–Trinajstić information content (AvgIpc) is 2.72. The standard InChI is InChI=1S/C12H13N3O2S/c1-8-10(12(16)17)11(18-15-8)14-6-4-9-3-2-5-13-7-9/h2-3,5,7,14H,4,6H2,1H3,(H,16,17). The number of pyridine rings is 1. The van der Waals surface area contributed by atoms with Gasteiger partial charge in [-0.15, -0.1) is 0 Å². The first-order chi connectivity index (χ1) is 8.68. The van der Waals surface area contributed by atoms with E-state index in [1.165, 1.54) is 11.5 Å². The number of nitrogens with one attached hydrogen (secondary N) is 1. The normalized spacial score (nSPS) is 10.3. The molecule has 0 amide bonds. The number of nitrogens with zero attached hydrogens (tertiary/aromatic N) is 2. The molecular formula is C12H13N3O2S. The summed E-state index contributed by atoms with van der Waals surface area (Å²) in [5, 5.41) is 12.8. The predicted octanol–water partition coefficient (Wildman–Crippen LogP) is 2.20. The van der Waals surface area contributed by atoms with Crippen molar-refractivity contribution in [1.82, 2.24) is 9.36 Å². The third kappa shape index (κ3) is 2.84. The van der Waals surface area contributed by atoms with Crippen molar-refractivity contribution in [3.8, 4) is 0 Å². The molecule has 0 aliphatic heterocycles. The molecule has 6 heteroatoms. The molecule has 94 valence electrons. The Bertz CT molecular complexity index is 540. The quantitative estimate of drug-likeness (QED) is 0.865. The van der Waals surface area contributed by atoms with E-state index < -0.39 is 5.97 Å². The molecule has 0 spiro atoms. The largest absolute Gasteiger partial charge is 0.478 e. The minimum atomic E-state index is -0.940. The first kappa shape index (κ1) is 12.5. The van der Waals surface area contributed by atoms with Crippen LogP contribution in [-0.4, -0.2) is 27.0 Å². The molecule has 2 rings (SSSR count). The highest BCUT2D eigenvalue weighted by Crippen LogP contribution is 2.24. The molecule has 2 N–H and O–H groups in total. The molecule has 0 aliphatic rings. The van der Waals surface area contributed by atoms with Gasteiger partial charge < -0.3 is 10.4 Å². The van der Waals surface area contributed by atoms with Crippen LogP contribution in [0.25, 0.3) is 0 Å². The molecule has 2 aromatic rings. The molecule has 0 bridgehead atoms. The summed E-state index contributed by atoms with van der Waals surface area (Å²) < 4.78 is 4.05. The van der Waals surface area contributed by atoms with Crippen LogP contribution in [0.5, 0.6) is 0 Å². The highest BCUT2D eigenvalue weighted by atomic mass is 32.1. The number of anilines is 1. The van der Waals surface area contributed by atoms with E-state index in [9.17, 15) is 4.79 Å². The maximum absolute atomic E-state index is 11.1. The van der Waals surface area contributed by atoms with Gasteiger partial charge >= 0.3 is 5.97 Å². The topological polar surface area (TPSA) is 75.1 Å². The van der Waals surface area contributed by atoms with Gasteiger partial charge in [-0.1, -0.05) is 6.07 Å². The van der Waals surface area contributed by atoms with E-state index in [0.717, 1.165) is 12.0 Å². The SMILES string of the molecule is Cc1nsc(NCCc2cccnc2)c1C(=O)O. The molecule has 0 aromatic carbocycles. The number of aromatic nitrogens is 2. The molecule has 2 aromatic heterocycles. The monoisotopic (exact) mass is 263 g/mol. The second-order valence-corrected chi connectivity index (χ2v) is 4.59. The molecule has 18 heavy (non-hydrogen) atoms. The number of rotatable bonds is 5. The lowest BCUT2D eigenvalue weighted by Crippen LogP contribution is -2.08. The van der Waals surface area contributed by atoms with Crippen molar-refractivity contribution in [1.29, 1.82) is 0 Å². The van der Waals surface area contributed by atoms with Gasteiger partial charge in [0.15, 0.2) is 0 Å². The van der Waals surface area contributed by atoms with E-state index in [0.29, 0.717) is 17.2 Å². The maximum atomic E-state index is 11.1. The lowest BCUT2D eigenvalue weighted by atomic mass is 10.2. The molecule has 5 nitrogen and oxygen atoms in total. The van der Waals surface area contributed by atoms with Gasteiger partial charge in [-0.2, -0.15) is 4.37 Å². The number of carbonyl (C=O) groups is 1. The Morgan fingerprint density at radius 3 is 3.06 bits per heavy atom. The summed E-state index contributed by atoms with van der Waals surface area (Å²) in [6, 6.07) is 3.87. The Kier molecular flexibility index (Phi) is 3.88. The highest BCUT2D eigenvalue weighted by molar-refractivity contribution is 7.10. The first-order valence-electron chi connectivity index (χ1n) is 5.51. The van der Waals surface area contributed by atoms with Crippen molar-refractivity contribution in [2.24, 2.45) is 0 Å². The molecule has 0 unspecified atom stereocenters. The fraction of sp³-hybridized carbons (Fsp3) is 0.250. The van der Waals surface area contributed by atoms with E-state index in [-0.39, 0.29) is 5.56 Å². The number of hydrogen-bond donors (Lipinski definition) is 2. The number of hydrogen-bond acceptors (Lipinski definition) is 5. The highest BCUT2D eigenvalue weighted by Gasteiger charge is 2.16. The number of carboxylic acid groups (broad SMARTS) is 1. The lowest BCUT2D eigenvalue weighted by molar-refractivity contribution is 0.0697. The average molecular weight is 263 g/mol. The third-order valence-corrected chi connectivity index (χ3v) is 3.39. The summed E-state index contributed by atoms with van der Waals surface area (Å²) in [6.07, 6.45) is 4.33. The third-order valence-electron chi connectivity index (χ3n) is 2.50. The molecule has 2 heterocycles. The molecule has 0 saturated carbocycles. The number of carboxylic acids is 1.